The van der Waals surface area contributed by atoms with Crippen LogP contribution in [0.15, 0.2) is 30.5 Å². The number of carboxylic acid groups (broad SMARTS) is 1. The molecule has 0 saturated heterocycles. The number of carbonyl (C=O) groups is 1. The second-order valence-electron chi connectivity index (χ2n) is 4.36. The third kappa shape index (κ3) is 3.34. The van der Waals surface area contributed by atoms with E-state index in [-0.39, 0.29) is 21.2 Å². The molecule has 0 saturated carbocycles. The van der Waals surface area contributed by atoms with E-state index in [1.54, 1.807) is 0 Å². The lowest BCUT2D eigenvalue weighted by atomic mass is 9.98. The van der Waals surface area contributed by atoms with Crippen molar-refractivity contribution < 1.29 is 23.1 Å². The monoisotopic (exact) mass is 349 g/mol. The van der Waals surface area contributed by atoms with Crippen molar-refractivity contribution in [3.63, 3.8) is 0 Å². The van der Waals surface area contributed by atoms with Gasteiger partial charge in [-0.1, -0.05) is 35.3 Å². The first-order chi connectivity index (χ1) is 10.2. The normalized spacial score (nSPS) is 11.5. The average molecular weight is 350 g/mol. The van der Waals surface area contributed by atoms with Crippen molar-refractivity contribution in [3.05, 3.63) is 51.6 Å². The molecule has 0 bridgehead atoms. The molecular weight excluding hydrogens is 342 g/mol. The largest absolute Gasteiger partial charge is 0.481 e. The van der Waals surface area contributed by atoms with Crippen molar-refractivity contribution in [2.45, 2.75) is 12.6 Å². The number of alkyl halides is 3. The summed E-state index contributed by atoms with van der Waals surface area (Å²) in [6.45, 7) is 0. The van der Waals surface area contributed by atoms with Gasteiger partial charge in [0.15, 0.2) is 0 Å². The first-order valence-electron chi connectivity index (χ1n) is 5.93. The Morgan fingerprint density at radius 1 is 1.23 bits per heavy atom. The van der Waals surface area contributed by atoms with Crippen molar-refractivity contribution in [1.29, 1.82) is 0 Å². The Hall–Kier alpha value is -1.79. The van der Waals surface area contributed by atoms with E-state index in [4.69, 9.17) is 28.3 Å². The summed E-state index contributed by atoms with van der Waals surface area (Å²) in [6, 6.07) is 5.24. The van der Waals surface area contributed by atoms with Gasteiger partial charge in [0.2, 0.25) is 0 Å². The number of benzene rings is 1. The number of aromatic nitrogens is 1. The highest BCUT2D eigenvalue weighted by Crippen LogP contribution is 2.41. The molecule has 1 aromatic heterocycles. The Labute approximate surface area is 133 Å². The maximum absolute atomic E-state index is 13.4. The number of halogens is 5. The van der Waals surface area contributed by atoms with Crippen molar-refractivity contribution in [3.8, 4) is 11.3 Å². The molecule has 0 aliphatic carbocycles. The first kappa shape index (κ1) is 16.6. The van der Waals surface area contributed by atoms with Gasteiger partial charge < -0.3 is 5.11 Å². The van der Waals surface area contributed by atoms with E-state index in [0.717, 1.165) is 12.3 Å². The van der Waals surface area contributed by atoms with Gasteiger partial charge in [-0.25, -0.2) is 0 Å². The van der Waals surface area contributed by atoms with Crippen LogP contribution in [0, 0.1) is 0 Å². The van der Waals surface area contributed by atoms with Crippen LogP contribution in [0.1, 0.15) is 11.1 Å². The third-order valence-corrected chi connectivity index (χ3v) is 3.69. The van der Waals surface area contributed by atoms with Crippen molar-refractivity contribution >= 4 is 29.2 Å². The summed E-state index contributed by atoms with van der Waals surface area (Å²) in [5, 5.41) is 8.79. The minimum absolute atomic E-state index is 0.00581. The molecule has 0 atom stereocenters. The van der Waals surface area contributed by atoms with Crippen LogP contribution in [0.2, 0.25) is 10.0 Å². The fourth-order valence-corrected chi connectivity index (χ4v) is 2.41. The molecule has 0 fully saturated rings. The average Bonchev–Trinajstić information content (AvgIpc) is 2.39. The fourth-order valence-electron chi connectivity index (χ4n) is 2.02. The third-order valence-electron chi connectivity index (χ3n) is 2.87. The number of hydrogen-bond donors (Lipinski definition) is 1. The minimum atomic E-state index is -4.78. The number of hydrogen-bond acceptors (Lipinski definition) is 2. The molecule has 0 unspecified atom stereocenters. The maximum Gasteiger partial charge on any atom is 0.418 e. The minimum Gasteiger partial charge on any atom is -0.481 e. The van der Waals surface area contributed by atoms with Crippen LogP contribution in [0.3, 0.4) is 0 Å². The standard InChI is InChI=1S/C14H8Cl2F3NO2/c15-9-3-1-2-8(12(9)16)13-11(14(17,18)19)7(4-5-20-13)6-10(21)22/h1-5H,6H2,(H,21,22). The molecule has 8 heteroatoms. The maximum atomic E-state index is 13.4. The number of rotatable bonds is 3. The Balaban J connectivity index is 2.76. The van der Waals surface area contributed by atoms with E-state index >= 15 is 0 Å². The molecule has 1 N–H and O–H groups in total. The van der Waals surface area contributed by atoms with Crippen molar-refractivity contribution in [2.75, 3.05) is 0 Å². The molecule has 0 aliphatic rings. The van der Waals surface area contributed by atoms with Gasteiger partial charge in [-0.2, -0.15) is 13.2 Å². The predicted molar refractivity (Wildman–Crippen MR) is 76.0 cm³/mol. The van der Waals surface area contributed by atoms with Crippen LogP contribution >= 0.6 is 23.2 Å². The number of aliphatic carboxylic acids is 1. The molecule has 0 radical (unpaired) electrons. The van der Waals surface area contributed by atoms with Gasteiger partial charge in [-0.05, 0) is 17.7 Å². The highest BCUT2D eigenvalue weighted by molar-refractivity contribution is 6.43. The predicted octanol–water partition coefficient (Wildman–Crippen LogP) is 4.70. The summed E-state index contributed by atoms with van der Waals surface area (Å²) in [6.07, 6.45) is -4.44. The molecule has 2 aromatic rings. The molecule has 0 spiro atoms. The molecule has 2 rings (SSSR count). The molecule has 1 heterocycles. The number of pyridine rings is 1. The van der Waals surface area contributed by atoms with Gasteiger partial charge in [0.1, 0.15) is 0 Å². The molecule has 22 heavy (non-hydrogen) atoms. The van der Waals surface area contributed by atoms with Crippen LogP contribution < -0.4 is 0 Å². The van der Waals surface area contributed by atoms with Crippen LogP contribution in [-0.4, -0.2) is 16.1 Å². The quantitative estimate of drug-likeness (QED) is 0.873. The SMILES string of the molecule is O=C(O)Cc1ccnc(-c2cccc(Cl)c2Cl)c1C(F)(F)F. The van der Waals surface area contributed by atoms with E-state index in [0.29, 0.717) is 0 Å². The number of nitrogens with zero attached hydrogens (tertiary/aromatic N) is 1. The summed E-state index contributed by atoms with van der Waals surface area (Å²) in [5.41, 5.74) is -1.96. The van der Waals surface area contributed by atoms with Gasteiger partial charge in [0, 0.05) is 11.8 Å². The van der Waals surface area contributed by atoms with E-state index < -0.39 is 29.8 Å². The molecule has 0 aliphatic heterocycles. The van der Waals surface area contributed by atoms with E-state index in [2.05, 4.69) is 4.98 Å². The summed E-state index contributed by atoms with van der Waals surface area (Å²) >= 11 is 11.8. The summed E-state index contributed by atoms with van der Waals surface area (Å²) in [5.74, 6) is -1.38. The zero-order valence-corrected chi connectivity index (χ0v) is 12.3. The first-order valence-corrected chi connectivity index (χ1v) is 6.68. The highest BCUT2D eigenvalue weighted by atomic mass is 35.5. The fraction of sp³-hybridized carbons (Fsp3) is 0.143. The van der Waals surface area contributed by atoms with Crippen LogP contribution in [0.25, 0.3) is 11.3 Å². The smallest absolute Gasteiger partial charge is 0.418 e. The molecule has 116 valence electrons. The van der Waals surface area contributed by atoms with Gasteiger partial charge in [0.05, 0.1) is 27.7 Å². The molecule has 0 amide bonds. The summed E-state index contributed by atoms with van der Waals surface area (Å²) < 4.78 is 40.1. The zero-order valence-electron chi connectivity index (χ0n) is 10.8. The summed E-state index contributed by atoms with van der Waals surface area (Å²) in [7, 11) is 0. The Bertz CT molecular complexity index is 733. The Morgan fingerprint density at radius 3 is 2.50 bits per heavy atom. The van der Waals surface area contributed by atoms with Crippen LogP contribution in [0.5, 0.6) is 0 Å². The van der Waals surface area contributed by atoms with Gasteiger partial charge in [-0.3, -0.25) is 9.78 Å². The Kier molecular flexibility index (Phi) is 4.63. The lowest BCUT2D eigenvalue weighted by Gasteiger charge is -2.16. The molecule has 1 aromatic carbocycles. The molecule has 3 nitrogen and oxygen atoms in total. The highest BCUT2D eigenvalue weighted by Gasteiger charge is 2.38. The Morgan fingerprint density at radius 2 is 1.91 bits per heavy atom. The van der Waals surface area contributed by atoms with Gasteiger partial charge in [-0.15, -0.1) is 0 Å². The van der Waals surface area contributed by atoms with Crippen molar-refractivity contribution in [2.24, 2.45) is 0 Å². The van der Waals surface area contributed by atoms with E-state index in [1.807, 2.05) is 0 Å². The zero-order chi connectivity index (χ0) is 16.5. The van der Waals surface area contributed by atoms with Gasteiger partial charge in [0.25, 0.3) is 0 Å². The second kappa shape index (κ2) is 6.14. The van der Waals surface area contributed by atoms with E-state index in [9.17, 15) is 18.0 Å². The topological polar surface area (TPSA) is 50.2 Å². The van der Waals surface area contributed by atoms with Crippen LogP contribution in [-0.2, 0) is 17.4 Å². The van der Waals surface area contributed by atoms with Crippen molar-refractivity contribution in [1.82, 2.24) is 4.98 Å². The second-order valence-corrected chi connectivity index (χ2v) is 5.15. The molecular formula is C14H8Cl2F3NO2. The van der Waals surface area contributed by atoms with Gasteiger partial charge >= 0.3 is 12.1 Å². The van der Waals surface area contributed by atoms with E-state index in [1.165, 1.54) is 18.2 Å². The number of carboxylic acids is 1. The van der Waals surface area contributed by atoms with Crippen LogP contribution in [0.4, 0.5) is 13.2 Å². The lowest BCUT2D eigenvalue weighted by molar-refractivity contribution is -0.139. The summed E-state index contributed by atoms with van der Waals surface area (Å²) in [4.78, 5) is 14.5. The lowest BCUT2D eigenvalue weighted by Crippen LogP contribution is -2.15.